The van der Waals surface area contributed by atoms with Gasteiger partial charge in [-0.3, -0.25) is 4.74 Å². The molecule has 46 valence electrons. The van der Waals surface area contributed by atoms with Crippen LogP contribution in [0.15, 0.2) is 16.6 Å². The van der Waals surface area contributed by atoms with E-state index in [1.54, 1.807) is 0 Å². The van der Waals surface area contributed by atoms with Crippen LogP contribution in [0.5, 0.6) is 0 Å². The van der Waals surface area contributed by atoms with E-state index in [2.05, 4.69) is 18.2 Å². The summed E-state index contributed by atoms with van der Waals surface area (Å²) in [5, 5.41) is 1.20. The molecule has 0 aromatic heterocycles. The highest BCUT2D eigenvalue weighted by atomic mass is 31.1. The summed E-state index contributed by atoms with van der Waals surface area (Å²) in [4.78, 5) is 0. The van der Waals surface area contributed by atoms with Crippen molar-refractivity contribution in [3.63, 3.8) is 0 Å². The molecule has 0 radical (unpaired) electrons. The van der Waals surface area contributed by atoms with Crippen LogP contribution in [0, 0.1) is 0 Å². The zero-order valence-corrected chi connectivity index (χ0v) is 6.41. The molecule has 2 heteroatoms. The van der Waals surface area contributed by atoms with Gasteiger partial charge in [0.2, 0.25) is 0 Å². The third-order valence-corrected chi connectivity index (χ3v) is 1.79. The number of allylic oxidation sites excluding steroid dienone is 1. The van der Waals surface area contributed by atoms with Crippen LogP contribution in [0.2, 0.25) is 0 Å². The lowest BCUT2D eigenvalue weighted by atomic mass is 10.5. The summed E-state index contributed by atoms with van der Waals surface area (Å²) in [5.41, 5.74) is 0. The Labute approximate surface area is 52.7 Å². The van der Waals surface area contributed by atoms with Crippen LogP contribution in [0.3, 0.4) is 0 Å². The fourth-order valence-corrected chi connectivity index (χ4v) is 0.724. The second-order valence-corrected chi connectivity index (χ2v) is 2.59. The molecule has 1 nitrogen and oxygen atoms in total. The summed E-state index contributed by atoms with van der Waals surface area (Å²) < 4.78 is 4.12. The maximum absolute atomic E-state index is 4.12. The van der Waals surface area contributed by atoms with E-state index in [9.17, 15) is 0 Å². The first kappa shape index (κ1) is 7.84. The fourth-order valence-electron chi connectivity index (χ4n) is 0.241. The predicted molar refractivity (Wildman–Crippen MR) is 39.3 cm³/mol. The zero-order valence-electron chi connectivity index (χ0n) is 5.52. The Morgan fingerprint density at radius 1 is 1.62 bits per heavy atom. The van der Waals surface area contributed by atoms with E-state index in [0.717, 1.165) is 21.3 Å². The van der Waals surface area contributed by atoms with Gasteiger partial charge in [0.25, 0.3) is 0 Å². The van der Waals surface area contributed by atoms with Gasteiger partial charge in [0, 0.05) is 14.9 Å². The standard InChI is InChI=1S/C6H12NP/c1-4-6(3)8-7-5-2/h3-5H2,1-2H3. The SMILES string of the molecule is C=C(CC)P=NCC. The Kier molecular flexibility index (Phi) is 4.89. The second kappa shape index (κ2) is 4.99. The van der Waals surface area contributed by atoms with Crippen LogP contribution in [0.4, 0.5) is 0 Å². The van der Waals surface area contributed by atoms with E-state index in [4.69, 9.17) is 0 Å². The highest BCUT2D eigenvalue weighted by Crippen LogP contribution is 2.15. The summed E-state index contributed by atoms with van der Waals surface area (Å²) in [5.74, 6) is 0. The summed E-state index contributed by atoms with van der Waals surface area (Å²) in [7, 11) is 1.07. The van der Waals surface area contributed by atoms with Crippen molar-refractivity contribution in [2.45, 2.75) is 20.3 Å². The maximum Gasteiger partial charge on any atom is 0.0408 e. The number of nitrogens with zero attached hydrogens (tertiary/aromatic N) is 1. The molecule has 0 aliphatic rings. The smallest absolute Gasteiger partial charge is 0.0408 e. The molecule has 0 fully saturated rings. The monoisotopic (exact) mass is 129 g/mol. The van der Waals surface area contributed by atoms with E-state index in [-0.39, 0.29) is 0 Å². The van der Waals surface area contributed by atoms with Crippen molar-refractivity contribution in [3.8, 4) is 0 Å². The molecule has 8 heavy (non-hydrogen) atoms. The van der Waals surface area contributed by atoms with Gasteiger partial charge in [-0.1, -0.05) is 13.5 Å². The van der Waals surface area contributed by atoms with Gasteiger partial charge in [-0.2, -0.15) is 0 Å². The molecule has 0 N–H and O–H groups in total. The van der Waals surface area contributed by atoms with E-state index in [1.165, 1.54) is 5.31 Å². The van der Waals surface area contributed by atoms with Crippen molar-refractivity contribution >= 4 is 8.37 Å². The van der Waals surface area contributed by atoms with Crippen molar-refractivity contribution < 1.29 is 0 Å². The van der Waals surface area contributed by atoms with Gasteiger partial charge in [0.05, 0.1) is 0 Å². The Morgan fingerprint density at radius 3 is 2.62 bits per heavy atom. The second-order valence-electron chi connectivity index (χ2n) is 1.48. The molecule has 0 aromatic carbocycles. The third-order valence-electron chi connectivity index (χ3n) is 0.762. The lowest BCUT2D eigenvalue weighted by Crippen LogP contribution is -1.60. The molecule has 0 heterocycles. The van der Waals surface area contributed by atoms with Crippen molar-refractivity contribution in [2.24, 2.45) is 4.74 Å². The first-order chi connectivity index (χ1) is 3.81. The van der Waals surface area contributed by atoms with Gasteiger partial charge < -0.3 is 0 Å². The molecule has 0 bridgehead atoms. The first-order valence-electron chi connectivity index (χ1n) is 2.86. The molecule has 0 atom stereocenters. The molecule has 0 aliphatic carbocycles. The Balaban J connectivity index is 3.37. The largest absolute Gasteiger partial charge is 0.264 e. The number of rotatable bonds is 3. The molecule has 0 aliphatic heterocycles. The topological polar surface area (TPSA) is 12.4 Å². The number of hydrogen-bond acceptors (Lipinski definition) is 1. The van der Waals surface area contributed by atoms with Gasteiger partial charge in [0.1, 0.15) is 0 Å². The summed E-state index contributed by atoms with van der Waals surface area (Å²) in [6.45, 7) is 8.84. The van der Waals surface area contributed by atoms with Gasteiger partial charge in [-0.15, -0.1) is 0 Å². The van der Waals surface area contributed by atoms with E-state index < -0.39 is 0 Å². The minimum absolute atomic E-state index is 0.903. The van der Waals surface area contributed by atoms with Crippen LogP contribution >= 0.6 is 8.37 Å². The molecular weight excluding hydrogens is 117 g/mol. The van der Waals surface area contributed by atoms with Gasteiger partial charge in [-0.25, -0.2) is 0 Å². The van der Waals surface area contributed by atoms with E-state index in [0.29, 0.717) is 0 Å². The van der Waals surface area contributed by atoms with Crippen molar-refractivity contribution in [1.82, 2.24) is 0 Å². The minimum Gasteiger partial charge on any atom is -0.264 e. The van der Waals surface area contributed by atoms with E-state index in [1.807, 2.05) is 6.92 Å². The zero-order chi connectivity index (χ0) is 6.41. The Hall–Kier alpha value is -0.160. The van der Waals surface area contributed by atoms with E-state index >= 15 is 0 Å². The van der Waals surface area contributed by atoms with Gasteiger partial charge >= 0.3 is 0 Å². The quantitative estimate of drug-likeness (QED) is 0.519. The average molecular weight is 129 g/mol. The predicted octanol–water partition coefficient (Wildman–Crippen LogP) is 3.06. The molecule has 0 rings (SSSR count). The average Bonchev–Trinajstić information content (AvgIpc) is 1.83. The van der Waals surface area contributed by atoms with Crippen LogP contribution in [-0.4, -0.2) is 6.54 Å². The molecular formula is C6H12NP. The van der Waals surface area contributed by atoms with Crippen LogP contribution in [-0.2, 0) is 0 Å². The summed E-state index contributed by atoms with van der Waals surface area (Å²) in [6.07, 6.45) is 1.05. The van der Waals surface area contributed by atoms with Crippen molar-refractivity contribution in [3.05, 3.63) is 11.9 Å². The third kappa shape index (κ3) is 4.01. The van der Waals surface area contributed by atoms with Crippen molar-refractivity contribution in [2.75, 3.05) is 6.54 Å². The fraction of sp³-hybridized carbons (Fsp3) is 0.667. The summed E-state index contributed by atoms with van der Waals surface area (Å²) >= 11 is 0. The lowest BCUT2D eigenvalue weighted by molar-refractivity contribution is 1.15. The molecule has 0 spiro atoms. The normalized spacial score (nSPS) is 10.2. The highest BCUT2D eigenvalue weighted by Gasteiger charge is 1.79. The Bertz CT molecular complexity index is 96.7. The molecule has 0 amide bonds. The first-order valence-corrected chi connectivity index (χ1v) is 3.71. The molecule has 0 aromatic rings. The minimum atomic E-state index is 0.903. The highest BCUT2D eigenvalue weighted by molar-refractivity contribution is 7.32. The van der Waals surface area contributed by atoms with Crippen LogP contribution in [0.25, 0.3) is 0 Å². The molecule has 0 saturated heterocycles. The van der Waals surface area contributed by atoms with Crippen LogP contribution in [0.1, 0.15) is 20.3 Å². The van der Waals surface area contributed by atoms with Gasteiger partial charge in [0.15, 0.2) is 0 Å². The molecule has 0 saturated carbocycles. The Morgan fingerprint density at radius 2 is 2.25 bits per heavy atom. The van der Waals surface area contributed by atoms with Crippen LogP contribution < -0.4 is 0 Å². The van der Waals surface area contributed by atoms with Crippen molar-refractivity contribution in [1.29, 1.82) is 0 Å². The maximum atomic E-state index is 4.12. The number of hydrogen-bond donors (Lipinski definition) is 0. The summed E-state index contributed by atoms with van der Waals surface area (Å²) in [6, 6.07) is 0. The molecule has 0 unspecified atom stereocenters. The lowest BCUT2D eigenvalue weighted by Gasteiger charge is -1.85. The van der Waals surface area contributed by atoms with Gasteiger partial charge in [-0.05, 0) is 18.7 Å².